The van der Waals surface area contributed by atoms with Gasteiger partial charge in [-0.3, -0.25) is 0 Å². The van der Waals surface area contributed by atoms with Crippen LogP contribution in [-0.4, -0.2) is 32.9 Å². The Labute approximate surface area is 76.4 Å². The molecule has 0 amide bonds. The van der Waals surface area contributed by atoms with E-state index in [1.54, 1.807) is 4.31 Å². The average molecular weight is 193 g/mol. The minimum absolute atomic E-state index is 0.260. The molecule has 1 heterocycles. The van der Waals surface area contributed by atoms with Crippen LogP contribution in [0.1, 0.15) is 27.2 Å². The highest BCUT2D eigenvalue weighted by molar-refractivity contribution is 7.90. The van der Waals surface area contributed by atoms with Crippen LogP contribution in [0, 0.1) is 0 Å². The zero-order valence-electron chi connectivity index (χ0n) is 7.84. The van der Waals surface area contributed by atoms with Gasteiger partial charge in [0, 0.05) is 17.9 Å². The van der Waals surface area contributed by atoms with Crippen molar-refractivity contribution in [2.24, 2.45) is 0 Å². The highest BCUT2D eigenvalue weighted by Crippen LogP contribution is 2.25. The highest BCUT2D eigenvalue weighted by Gasteiger charge is 2.37. The molecule has 0 spiro atoms. The maximum absolute atomic E-state index is 12.7. The fourth-order valence-electron chi connectivity index (χ4n) is 1.23. The van der Waals surface area contributed by atoms with E-state index in [2.05, 4.69) is 0 Å². The summed E-state index contributed by atoms with van der Waals surface area (Å²) in [7, 11) is 0. The summed E-state index contributed by atoms with van der Waals surface area (Å²) in [4.78, 5) is 0. The molecule has 72 valence electrons. The Kier molecular flexibility index (Phi) is 3.01. The third-order valence-electron chi connectivity index (χ3n) is 1.85. The molecular formula is C8H16FNOS. The molecule has 1 rings (SSSR count). The SMILES string of the molecule is CC(C)(C)[S+]([O-])N1CCC(F)C1. The van der Waals surface area contributed by atoms with Crippen molar-refractivity contribution in [3.05, 3.63) is 0 Å². The quantitative estimate of drug-likeness (QED) is 0.590. The first-order chi connectivity index (χ1) is 5.41. The smallest absolute Gasteiger partial charge is 0.137 e. The lowest BCUT2D eigenvalue weighted by molar-refractivity contribution is 0.341. The van der Waals surface area contributed by atoms with Gasteiger partial charge in [-0.15, -0.1) is 4.31 Å². The fourth-order valence-corrected chi connectivity index (χ4v) is 2.57. The second-order valence-corrected chi connectivity index (χ2v) is 6.37. The molecule has 2 atom stereocenters. The van der Waals surface area contributed by atoms with Crippen LogP contribution in [0.25, 0.3) is 0 Å². The van der Waals surface area contributed by atoms with Crippen LogP contribution in [0.5, 0.6) is 0 Å². The maximum atomic E-state index is 12.7. The lowest BCUT2D eigenvalue weighted by atomic mass is 10.3. The third-order valence-corrected chi connectivity index (χ3v) is 3.70. The van der Waals surface area contributed by atoms with Gasteiger partial charge < -0.3 is 4.55 Å². The Hall–Kier alpha value is 0.200. The van der Waals surface area contributed by atoms with E-state index in [1.807, 2.05) is 20.8 Å². The predicted octanol–water partition coefficient (Wildman–Crippen LogP) is 1.49. The Bertz CT molecular complexity index is 160. The van der Waals surface area contributed by atoms with Crippen LogP contribution >= 0.6 is 0 Å². The summed E-state index contributed by atoms with van der Waals surface area (Å²) < 4.78 is 25.9. The molecule has 0 aromatic carbocycles. The lowest BCUT2D eigenvalue weighted by Crippen LogP contribution is -2.41. The molecule has 0 aromatic rings. The Morgan fingerprint density at radius 2 is 2.08 bits per heavy atom. The van der Waals surface area contributed by atoms with Crippen molar-refractivity contribution in [1.29, 1.82) is 0 Å². The minimum Gasteiger partial charge on any atom is -0.597 e. The lowest BCUT2D eigenvalue weighted by Gasteiger charge is -2.29. The van der Waals surface area contributed by atoms with Crippen molar-refractivity contribution in [2.75, 3.05) is 13.1 Å². The molecule has 1 aliphatic rings. The first-order valence-corrected chi connectivity index (χ1v) is 5.33. The van der Waals surface area contributed by atoms with Gasteiger partial charge in [-0.25, -0.2) is 4.39 Å². The van der Waals surface area contributed by atoms with Crippen LogP contribution in [0.3, 0.4) is 0 Å². The summed E-state index contributed by atoms with van der Waals surface area (Å²) in [6.07, 6.45) is -0.252. The molecule has 2 nitrogen and oxygen atoms in total. The molecule has 0 saturated carbocycles. The van der Waals surface area contributed by atoms with Gasteiger partial charge in [0.25, 0.3) is 0 Å². The molecule has 0 bridgehead atoms. The number of rotatable bonds is 1. The Morgan fingerprint density at radius 1 is 1.50 bits per heavy atom. The summed E-state index contributed by atoms with van der Waals surface area (Å²) in [6.45, 7) is 6.70. The van der Waals surface area contributed by atoms with Gasteiger partial charge in [-0.05, 0) is 27.2 Å². The largest absolute Gasteiger partial charge is 0.597 e. The van der Waals surface area contributed by atoms with E-state index >= 15 is 0 Å². The Balaban J connectivity index is 2.48. The molecule has 0 radical (unpaired) electrons. The standard InChI is InChI=1S/C8H16FNOS/c1-8(2,3)12(11)10-5-4-7(9)6-10/h7H,4-6H2,1-3H3. The van der Waals surface area contributed by atoms with Crippen molar-refractivity contribution >= 4 is 11.4 Å². The number of halogens is 1. The van der Waals surface area contributed by atoms with Crippen LogP contribution in [0.2, 0.25) is 0 Å². The second-order valence-electron chi connectivity index (χ2n) is 4.14. The molecule has 4 heteroatoms. The molecule has 0 aliphatic carbocycles. The van der Waals surface area contributed by atoms with E-state index in [0.717, 1.165) is 0 Å². The number of hydrogen-bond acceptors (Lipinski definition) is 2. The van der Waals surface area contributed by atoms with E-state index in [0.29, 0.717) is 19.5 Å². The molecule has 2 unspecified atom stereocenters. The zero-order valence-corrected chi connectivity index (χ0v) is 8.66. The number of alkyl halides is 1. The van der Waals surface area contributed by atoms with Crippen LogP contribution < -0.4 is 0 Å². The summed E-state index contributed by atoms with van der Waals surface area (Å²) >= 11 is -1.04. The predicted molar refractivity (Wildman–Crippen MR) is 49.0 cm³/mol. The van der Waals surface area contributed by atoms with Crippen LogP contribution in [-0.2, 0) is 11.4 Å². The summed E-state index contributed by atoms with van der Waals surface area (Å²) in [6, 6.07) is 0. The van der Waals surface area contributed by atoms with Crippen molar-refractivity contribution in [1.82, 2.24) is 4.31 Å². The van der Waals surface area contributed by atoms with Crippen molar-refractivity contribution in [2.45, 2.75) is 38.1 Å². The van der Waals surface area contributed by atoms with Crippen molar-refractivity contribution in [3.63, 3.8) is 0 Å². The maximum Gasteiger partial charge on any atom is 0.137 e. The van der Waals surface area contributed by atoms with Gasteiger partial charge in [0.15, 0.2) is 0 Å². The molecule has 0 aromatic heterocycles. The number of nitrogens with zero attached hydrogens (tertiary/aromatic N) is 1. The highest BCUT2D eigenvalue weighted by atomic mass is 32.2. The third kappa shape index (κ3) is 2.34. The molecular weight excluding hydrogens is 177 g/mol. The minimum atomic E-state index is -1.04. The van der Waals surface area contributed by atoms with E-state index in [4.69, 9.17) is 0 Å². The van der Waals surface area contributed by atoms with Gasteiger partial charge in [-0.2, -0.15) is 0 Å². The fraction of sp³-hybridized carbons (Fsp3) is 1.00. The van der Waals surface area contributed by atoms with E-state index in [-0.39, 0.29) is 4.75 Å². The van der Waals surface area contributed by atoms with E-state index < -0.39 is 17.5 Å². The topological polar surface area (TPSA) is 26.3 Å². The monoisotopic (exact) mass is 193 g/mol. The van der Waals surface area contributed by atoms with Gasteiger partial charge in [-0.1, -0.05) is 0 Å². The average Bonchev–Trinajstić information content (AvgIpc) is 2.32. The van der Waals surface area contributed by atoms with Crippen molar-refractivity contribution < 1.29 is 8.94 Å². The second kappa shape index (κ2) is 3.52. The summed E-state index contributed by atoms with van der Waals surface area (Å²) in [5.41, 5.74) is 0. The van der Waals surface area contributed by atoms with Crippen LogP contribution in [0.15, 0.2) is 0 Å². The first-order valence-electron chi connectivity index (χ1n) is 4.22. The van der Waals surface area contributed by atoms with Gasteiger partial charge in [0.05, 0.1) is 6.54 Å². The normalized spacial score (nSPS) is 29.2. The molecule has 1 fully saturated rings. The molecule has 0 N–H and O–H groups in total. The molecule has 12 heavy (non-hydrogen) atoms. The van der Waals surface area contributed by atoms with Gasteiger partial charge in [0.1, 0.15) is 10.9 Å². The van der Waals surface area contributed by atoms with Gasteiger partial charge in [0.2, 0.25) is 0 Å². The van der Waals surface area contributed by atoms with Crippen molar-refractivity contribution in [3.8, 4) is 0 Å². The first kappa shape index (κ1) is 10.3. The number of hydrogen-bond donors (Lipinski definition) is 0. The van der Waals surface area contributed by atoms with Crippen LogP contribution in [0.4, 0.5) is 4.39 Å². The summed E-state index contributed by atoms with van der Waals surface area (Å²) in [5.74, 6) is 0. The van der Waals surface area contributed by atoms with E-state index in [1.165, 1.54) is 0 Å². The molecule has 1 saturated heterocycles. The van der Waals surface area contributed by atoms with Gasteiger partial charge >= 0.3 is 0 Å². The summed E-state index contributed by atoms with van der Waals surface area (Å²) in [5, 5.41) is 0. The zero-order chi connectivity index (χ0) is 9.35. The van der Waals surface area contributed by atoms with E-state index in [9.17, 15) is 8.94 Å². The Morgan fingerprint density at radius 3 is 2.42 bits per heavy atom. The molecule has 1 aliphatic heterocycles.